The summed E-state index contributed by atoms with van der Waals surface area (Å²) in [5.41, 5.74) is 7.72. The number of benzene rings is 1. The van der Waals surface area contributed by atoms with Gasteiger partial charge in [-0.15, -0.1) is 0 Å². The lowest BCUT2D eigenvalue weighted by molar-refractivity contribution is 0.408. The van der Waals surface area contributed by atoms with Crippen LogP contribution in [0.15, 0.2) is 16.6 Å². The number of aryl methyl sites for hydroxylation is 1. The van der Waals surface area contributed by atoms with Crippen molar-refractivity contribution in [3.05, 3.63) is 27.7 Å². The second-order valence-electron chi connectivity index (χ2n) is 2.59. The summed E-state index contributed by atoms with van der Waals surface area (Å²) < 4.78 is 6.18. The van der Waals surface area contributed by atoms with Crippen LogP contribution in [0.4, 0.5) is 0 Å². The molecule has 0 heterocycles. The first-order chi connectivity index (χ1) is 5.70. The van der Waals surface area contributed by atoms with Crippen molar-refractivity contribution in [2.45, 2.75) is 13.5 Å². The standard InChI is InChI=1S/C9H12BrNO/c1-6-3-4-7(5-11)8(10)9(6)12-2/h3-4H,5,11H2,1-2H3. The molecule has 0 aromatic heterocycles. The summed E-state index contributed by atoms with van der Waals surface area (Å²) in [6, 6.07) is 4.01. The van der Waals surface area contributed by atoms with Gasteiger partial charge in [-0.3, -0.25) is 0 Å². The maximum Gasteiger partial charge on any atom is 0.136 e. The van der Waals surface area contributed by atoms with E-state index in [-0.39, 0.29) is 0 Å². The number of hydrogen-bond donors (Lipinski definition) is 1. The van der Waals surface area contributed by atoms with Gasteiger partial charge >= 0.3 is 0 Å². The molecule has 0 saturated carbocycles. The highest BCUT2D eigenvalue weighted by atomic mass is 79.9. The molecule has 66 valence electrons. The van der Waals surface area contributed by atoms with Gasteiger partial charge in [-0.25, -0.2) is 0 Å². The fraction of sp³-hybridized carbons (Fsp3) is 0.333. The third kappa shape index (κ3) is 1.62. The molecule has 12 heavy (non-hydrogen) atoms. The van der Waals surface area contributed by atoms with Crippen molar-refractivity contribution < 1.29 is 4.74 Å². The molecule has 2 N–H and O–H groups in total. The summed E-state index contributed by atoms with van der Waals surface area (Å²) in [6.07, 6.45) is 0. The first kappa shape index (κ1) is 9.55. The van der Waals surface area contributed by atoms with Gasteiger partial charge in [0.25, 0.3) is 0 Å². The van der Waals surface area contributed by atoms with E-state index in [1.54, 1.807) is 7.11 Å². The van der Waals surface area contributed by atoms with E-state index in [4.69, 9.17) is 10.5 Å². The minimum atomic E-state index is 0.525. The SMILES string of the molecule is COc1c(C)ccc(CN)c1Br. The summed E-state index contributed by atoms with van der Waals surface area (Å²) in [7, 11) is 1.66. The Morgan fingerprint density at radius 1 is 1.50 bits per heavy atom. The molecule has 0 bridgehead atoms. The van der Waals surface area contributed by atoms with Crippen molar-refractivity contribution in [3.8, 4) is 5.75 Å². The third-order valence-electron chi connectivity index (χ3n) is 1.80. The predicted octanol–water partition coefficient (Wildman–Crippen LogP) is 2.22. The molecule has 1 aromatic rings. The van der Waals surface area contributed by atoms with Crippen LogP contribution < -0.4 is 10.5 Å². The molecule has 2 nitrogen and oxygen atoms in total. The maximum absolute atomic E-state index is 5.54. The Morgan fingerprint density at radius 2 is 2.17 bits per heavy atom. The topological polar surface area (TPSA) is 35.2 Å². The molecule has 0 amide bonds. The molecule has 1 aromatic carbocycles. The molecule has 0 spiro atoms. The fourth-order valence-electron chi connectivity index (χ4n) is 1.10. The lowest BCUT2D eigenvalue weighted by Gasteiger charge is -2.09. The Hall–Kier alpha value is -0.540. The van der Waals surface area contributed by atoms with Crippen molar-refractivity contribution in [3.63, 3.8) is 0 Å². The van der Waals surface area contributed by atoms with Crippen molar-refractivity contribution >= 4 is 15.9 Å². The highest BCUT2D eigenvalue weighted by Gasteiger charge is 2.07. The normalized spacial score (nSPS) is 10.0. The molecule has 3 heteroatoms. The minimum absolute atomic E-state index is 0.525. The summed E-state index contributed by atoms with van der Waals surface area (Å²) in [5, 5.41) is 0. The molecular formula is C9H12BrNO. The van der Waals surface area contributed by atoms with Gasteiger partial charge < -0.3 is 10.5 Å². The van der Waals surface area contributed by atoms with Gasteiger partial charge in [-0.05, 0) is 34.0 Å². The maximum atomic E-state index is 5.54. The van der Waals surface area contributed by atoms with Crippen molar-refractivity contribution in [1.82, 2.24) is 0 Å². The Balaban J connectivity index is 3.24. The van der Waals surface area contributed by atoms with Crippen LogP contribution in [0.2, 0.25) is 0 Å². The lowest BCUT2D eigenvalue weighted by atomic mass is 10.1. The predicted molar refractivity (Wildman–Crippen MR) is 53.3 cm³/mol. The number of ether oxygens (including phenoxy) is 1. The average molecular weight is 230 g/mol. The molecular weight excluding hydrogens is 218 g/mol. The Morgan fingerprint density at radius 3 is 2.67 bits per heavy atom. The zero-order valence-electron chi connectivity index (χ0n) is 7.23. The minimum Gasteiger partial charge on any atom is -0.495 e. The van der Waals surface area contributed by atoms with Crippen molar-refractivity contribution in [2.75, 3.05) is 7.11 Å². The number of halogens is 1. The first-order valence-corrected chi connectivity index (χ1v) is 4.52. The molecule has 0 unspecified atom stereocenters. The third-order valence-corrected chi connectivity index (χ3v) is 2.67. The van der Waals surface area contributed by atoms with Gasteiger partial charge in [-0.2, -0.15) is 0 Å². The van der Waals surface area contributed by atoms with Crippen LogP contribution >= 0.6 is 15.9 Å². The van der Waals surface area contributed by atoms with E-state index in [0.29, 0.717) is 6.54 Å². The number of methoxy groups -OCH3 is 1. The molecule has 0 atom stereocenters. The van der Waals surface area contributed by atoms with E-state index in [0.717, 1.165) is 21.3 Å². The van der Waals surface area contributed by atoms with E-state index in [9.17, 15) is 0 Å². The van der Waals surface area contributed by atoms with E-state index in [1.165, 1.54) is 0 Å². The van der Waals surface area contributed by atoms with Crippen LogP contribution in [-0.4, -0.2) is 7.11 Å². The van der Waals surface area contributed by atoms with Crippen LogP contribution in [0.25, 0.3) is 0 Å². The van der Waals surface area contributed by atoms with Crippen molar-refractivity contribution in [1.29, 1.82) is 0 Å². The van der Waals surface area contributed by atoms with Gasteiger partial charge in [0.15, 0.2) is 0 Å². The molecule has 0 saturated heterocycles. The Labute approximate surface area is 80.8 Å². The second-order valence-corrected chi connectivity index (χ2v) is 3.39. The summed E-state index contributed by atoms with van der Waals surface area (Å²) in [4.78, 5) is 0. The van der Waals surface area contributed by atoms with Gasteiger partial charge in [0, 0.05) is 6.54 Å². The summed E-state index contributed by atoms with van der Waals surface area (Å²) >= 11 is 3.45. The highest BCUT2D eigenvalue weighted by molar-refractivity contribution is 9.10. The zero-order valence-corrected chi connectivity index (χ0v) is 8.81. The fourth-order valence-corrected chi connectivity index (χ4v) is 1.87. The summed E-state index contributed by atoms with van der Waals surface area (Å²) in [5.74, 6) is 0.873. The van der Waals surface area contributed by atoms with Gasteiger partial charge in [0.05, 0.1) is 11.6 Å². The highest BCUT2D eigenvalue weighted by Crippen LogP contribution is 2.31. The van der Waals surface area contributed by atoms with Crippen LogP contribution in [0.3, 0.4) is 0 Å². The molecule has 1 rings (SSSR count). The van der Waals surface area contributed by atoms with Crippen molar-refractivity contribution in [2.24, 2.45) is 5.73 Å². The van der Waals surface area contributed by atoms with E-state index in [1.807, 2.05) is 19.1 Å². The number of nitrogens with two attached hydrogens (primary N) is 1. The van der Waals surface area contributed by atoms with E-state index < -0.39 is 0 Å². The quantitative estimate of drug-likeness (QED) is 0.845. The van der Waals surface area contributed by atoms with E-state index in [2.05, 4.69) is 15.9 Å². The number of rotatable bonds is 2. The van der Waals surface area contributed by atoms with Crippen LogP contribution in [0.1, 0.15) is 11.1 Å². The van der Waals surface area contributed by atoms with Crippen LogP contribution in [-0.2, 0) is 6.54 Å². The monoisotopic (exact) mass is 229 g/mol. The van der Waals surface area contributed by atoms with Gasteiger partial charge in [0.1, 0.15) is 5.75 Å². The molecule has 0 fully saturated rings. The zero-order chi connectivity index (χ0) is 9.14. The molecule has 0 aliphatic heterocycles. The summed E-state index contributed by atoms with van der Waals surface area (Å²) in [6.45, 7) is 2.53. The molecule has 0 radical (unpaired) electrons. The van der Waals surface area contributed by atoms with Crippen LogP contribution in [0.5, 0.6) is 5.75 Å². The van der Waals surface area contributed by atoms with Gasteiger partial charge in [-0.1, -0.05) is 12.1 Å². The largest absolute Gasteiger partial charge is 0.495 e. The smallest absolute Gasteiger partial charge is 0.136 e. The second kappa shape index (κ2) is 3.92. The first-order valence-electron chi connectivity index (χ1n) is 3.72. The average Bonchev–Trinajstić information content (AvgIpc) is 2.06. The number of hydrogen-bond acceptors (Lipinski definition) is 2. The Kier molecular flexibility index (Phi) is 3.12. The molecule has 0 aliphatic rings. The molecule has 0 aliphatic carbocycles. The lowest BCUT2D eigenvalue weighted by Crippen LogP contribution is -1.99. The Bertz CT molecular complexity index is 286. The van der Waals surface area contributed by atoms with Gasteiger partial charge in [0.2, 0.25) is 0 Å². The van der Waals surface area contributed by atoms with Crippen LogP contribution in [0, 0.1) is 6.92 Å². The van der Waals surface area contributed by atoms with E-state index >= 15 is 0 Å².